The first kappa shape index (κ1) is 16.8. The van der Waals surface area contributed by atoms with E-state index >= 15 is 0 Å². The van der Waals surface area contributed by atoms with Gasteiger partial charge in [-0.15, -0.1) is 13.2 Å². The van der Waals surface area contributed by atoms with Crippen molar-refractivity contribution < 1.29 is 17.9 Å². The van der Waals surface area contributed by atoms with Crippen molar-refractivity contribution in [3.8, 4) is 5.75 Å². The average molecular weight is 336 g/mol. The van der Waals surface area contributed by atoms with Crippen LogP contribution < -0.4 is 10.1 Å². The fourth-order valence-corrected chi connectivity index (χ4v) is 3.04. The van der Waals surface area contributed by atoms with Gasteiger partial charge in [-0.25, -0.2) is 0 Å². The van der Waals surface area contributed by atoms with Crippen LogP contribution in [0.4, 0.5) is 13.2 Å². The number of piperazine rings is 1. The molecule has 1 heterocycles. The molecule has 2 aromatic carbocycles. The fraction of sp³-hybridized carbons (Fsp3) is 0.333. The molecule has 1 N–H and O–H groups in total. The molecule has 1 aliphatic heterocycles. The number of nitrogens with zero attached hydrogens (tertiary/aromatic N) is 1. The largest absolute Gasteiger partial charge is 0.573 e. The highest BCUT2D eigenvalue weighted by Crippen LogP contribution is 2.31. The lowest BCUT2D eigenvalue weighted by Gasteiger charge is -2.35. The lowest BCUT2D eigenvalue weighted by Crippen LogP contribution is -2.45. The van der Waals surface area contributed by atoms with Crippen LogP contribution in [0.25, 0.3) is 0 Å². The van der Waals surface area contributed by atoms with E-state index in [2.05, 4.69) is 15.0 Å². The van der Waals surface area contributed by atoms with Gasteiger partial charge >= 0.3 is 6.36 Å². The third-order valence-corrected chi connectivity index (χ3v) is 4.06. The predicted octanol–water partition coefficient (Wildman–Crippen LogP) is 3.58. The first-order valence-electron chi connectivity index (χ1n) is 7.88. The Balaban J connectivity index is 1.87. The van der Waals surface area contributed by atoms with Crippen LogP contribution in [0.2, 0.25) is 0 Å². The summed E-state index contributed by atoms with van der Waals surface area (Å²) in [5.74, 6) is -0.196. The zero-order valence-corrected chi connectivity index (χ0v) is 13.1. The van der Waals surface area contributed by atoms with Gasteiger partial charge in [0.05, 0.1) is 6.04 Å². The van der Waals surface area contributed by atoms with Crippen LogP contribution in [0.15, 0.2) is 54.6 Å². The summed E-state index contributed by atoms with van der Waals surface area (Å²) in [6.07, 6.45) is -4.67. The van der Waals surface area contributed by atoms with Crippen LogP contribution in [0, 0.1) is 0 Å². The number of ether oxygens (including phenoxy) is 1. The van der Waals surface area contributed by atoms with Gasteiger partial charge in [0.15, 0.2) is 0 Å². The maximum atomic E-state index is 12.3. The van der Waals surface area contributed by atoms with Gasteiger partial charge in [0.2, 0.25) is 0 Å². The minimum atomic E-state index is -4.67. The second-order valence-electron chi connectivity index (χ2n) is 5.72. The van der Waals surface area contributed by atoms with E-state index in [1.165, 1.54) is 12.1 Å². The van der Waals surface area contributed by atoms with Gasteiger partial charge in [0.25, 0.3) is 0 Å². The van der Waals surface area contributed by atoms with Crippen LogP contribution in [0.5, 0.6) is 5.75 Å². The summed E-state index contributed by atoms with van der Waals surface area (Å²) in [5, 5.41) is 3.32. The average Bonchev–Trinajstić information content (AvgIpc) is 2.57. The molecular formula is C18H19F3N2O. The number of benzene rings is 2. The SMILES string of the molecule is FC(F)(F)Oc1ccc([C@H](c2ccccc2)N2CCNCC2)cc1. The minimum Gasteiger partial charge on any atom is -0.406 e. The van der Waals surface area contributed by atoms with Gasteiger partial charge in [-0.05, 0) is 23.3 Å². The molecule has 3 nitrogen and oxygen atoms in total. The number of hydrogen-bond donors (Lipinski definition) is 1. The molecule has 0 aromatic heterocycles. The van der Waals surface area contributed by atoms with Crippen molar-refractivity contribution in [3.05, 3.63) is 65.7 Å². The van der Waals surface area contributed by atoms with Gasteiger partial charge in [-0.1, -0.05) is 42.5 Å². The van der Waals surface area contributed by atoms with Crippen LogP contribution in [0.3, 0.4) is 0 Å². The second-order valence-corrected chi connectivity index (χ2v) is 5.72. The first-order chi connectivity index (χ1) is 11.5. The summed E-state index contributed by atoms with van der Waals surface area (Å²) in [4.78, 5) is 2.34. The van der Waals surface area contributed by atoms with E-state index in [9.17, 15) is 13.2 Å². The molecule has 128 valence electrons. The Kier molecular flexibility index (Phi) is 5.06. The Morgan fingerprint density at radius 2 is 1.46 bits per heavy atom. The molecule has 0 radical (unpaired) electrons. The Bertz CT molecular complexity index is 638. The van der Waals surface area contributed by atoms with Gasteiger partial charge in [0, 0.05) is 26.2 Å². The van der Waals surface area contributed by atoms with Crippen molar-refractivity contribution in [1.29, 1.82) is 0 Å². The molecule has 1 fully saturated rings. The highest BCUT2D eigenvalue weighted by Gasteiger charge is 2.31. The minimum absolute atomic E-state index is 0.0215. The molecule has 0 bridgehead atoms. The molecule has 0 saturated carbocycles. The highest BCUT2D eigenvalue weighted by atomic mass is 19.4. The number of alkyl halides is 3. The van der Waals surface area contributed by atoms with Crippen LogP contribution in [-0.2, 0) is 0 Å². The fourth-order valence-electron chi connectivity index (χ4n) is 3.04. The summed E-state index contributed by atoms with van der Waals surface area (Å²) in [5.41, 5.74) is 2.08. The molecule has 3 rings (SSSR count). The summed E-state index contributed by atoms with van der Waals surface area (Å²) in [6, 6.07) is 16.2. The molecule has 1 atom stereocenters. The van der Waals surface area contributed by atoms with Crippen molar-refractivity contribution in [1.82, 2.24) is 10.2 Å². The predicted molar refractivity (Wildman–Crippen MR) is 85.9 cm³/mol. The van der Waals surface area contributed by atoms with E-state index in [-0.39, 0.29) is 11.8 Å². The van der Waals surface area contributed by atoms with Gasteiger partial charge in [-0.3, -0.25) is 4.90 Å². The molecule has 0 unspecified atom stereocenters. The van der Waals surface area contributed by atoms with E-state index in [1.807, 2.05) is 30.3 Å². The quantitative estimate of drug-likeness (QED) is 0.924. The molecule has 1 aliphatic rings. The smallest absolute Gasteiger partial charge is 0.406 e. The van der Waals surface area contributed by atoms with Crippen molar-refractivity contribution in [2.45, 2.75) is 12.4 Å². The molecule has 0 amide bonds. The Hall–Kier alpha value is -2.05. The standard InChI is InChI=1S/C18H19F3N2O/c19-18(20,21)24-16-8-6-15(7-9-16)17(14-4-2-1-3-5-14)23-12-10-22-11-13-23/h1-9,17,22H,10-13H2/t17-/m0/s1. The van der Waals surface area contributed by atoms with Crippen LogP contribution in [-0.4, -0.2) is 37.4 Å². The molecule has 1 saturated heterocycles. The normalized spacial score (nSPS) is 17.5. The number of hydrogen-bond acceptors (Lipinski definition) is 3. The number of halogens is 3. The summed E-state index contributed by atoms with van der Waals surface area (Å²) in [6.45, 7) is 3.58. The van der Waals surface area contributed by atoms with E-state index in [0.717, 1.165) is 37.3 Å². The second kappa shape index (κ2) is 7.23. The van der Waals surface area contributed by atoms with Crippen LogP contribution in [0.1, 0.15) is 17.2 Å². The monoisotopic (exact) mass is 336 g/mol. The van der Waals surface area contributed by atoms with E-state index in [0.29, 0.717) is 0 Å². The van der Waals surface area contributed by atoms with E-state index in [4.69, 9.17) is 0 Å². The molecule has 6 heteroatoms. The summed E-state index contributed by atoms with van der Waals surface area (Å²) < 4.78 is 40.9. The lowest BCUT2D eigenvalue weighted by molar-refractivity contribution is -0.274. The molecule has 24 heavy (non-hydrogen) atoms. The van der Waals surface area contributed by atoms with Gasteiger partial charge in [-0.2, -0.15) is 0 Å². The van der Waals surface area contributed by atoms with Gasteiger partial charge in [0.1, 0.15) is 5.75 Å². The first-order valence-corrected chi connectivity index (χ1v) is 7.88. The molecule has 0 spiro atoms. The Morgan fingerprint density at radius 3 is 2.04 bits per heavy atom. The zero-order chi connectivity index (χ0) is 17.0. The summed E-state index contributed by atoms with van der Waals surface area (Å²) >= 11 is 0. The molecule has 2 aromatic rings. The summed E-state index contributed by atoms with van der Waals surface area (Å²) in [7, 11) is 0. The maximum Gasteiger partial charge on any atom is 0.573 e. The van der Waals surface area contributed by atoms with Crippen molar-refractivity contribution >= 4 is 0 Å². The van der Waals surface area contributed by atoms with E-state index < -0.39 is 6.36 Å². The maximum absolute atomic E-state index is 12.3. The number of rotatable bonds is 4. The van der Waals surface area contributed by atoms with Crippen molar-refractivity contribution in [2.24, 2.45) is 0 Å². The van der Waals surface area contributed by atoms with E-state index in [1.54, 1.807) is 12.1 Å². The Labute approximate surface area is 139 Å². The molecule has 0 aliphatic carbocycles. The van der Waals surface area contributed by atoms with Crippen molar-refractivity contribution in [2.75, 3.05) is 26.2 Å². The number of nitrogens with one attached hydrogen (secondary N) is 1. The Morgan fingerprint density at radius 1 is 0.875 bits per heavy atom. The zero-order valence-electron chi connectivity index (χ0n) is 13.1. The third kappa shape index (κ3) is 4.27. The topological polar surface area (TPSA) is 24.5 Å². The third-order valence-electron chi connectivity index (χ3n) is 4.06. The van der Waals surface area contributed by atoms with Crippen LogP contribution >= 0.6 is 0 Å². The van der Waals surface area contributed by atoms with Crippen molar-refractivity contribution in [3.63, 3.8) is 0 Å². The van der Waals surface area contributed by atoms with Gasteiger partial charge < -0.3 is 10.1 Å². The lowest BCUT2D eigenvalue weighted by atomic mass is 9.96. The highest BCUT2D eigenvalue weighted by molar-refractivity contribution is 5.35. The molecular weight excluding hydrogens is 317 g/mol.